The molecule has 0 unspecified atom stereocenters. The smallest absolute Gasteiger partial charge is 0.248 e. The fraction of sp³-hybridized carbons (Fsp3) is 0. The minimum absolute atomic E-state index is 0.0690. The van der Waals surface area contributed by atoms with Crippen molar-refractivity contribution >= 4 is 52.5 Å². The zero-order chi connectivity index (χ0) is 15.4. The van der Waals surface area contributed by atoms with E-state index in [0.29, 0.717) is 10.7 Å². The fourth-order valence-electron chi connectivity index (χ4n) is 1.57. The molecule has 0 aliphatic heterocycles. The van der Waals surface area contributed by atoms with Crippen LogP contribution in [0, 0.1) is 0 Å². The van der Waals surface area contributed by atoms with Gasteiger partial charge in [0.2, 0.25) is 5.91 Å². The Hall–Kier alpha value is -1.68. The quantitative estimate of drug-likeness (QED) is 0.609. The molecule has 0 heterocycles. The van der Waals surface area contributed by atoms with E-state index in [-0.39, 0.29) is 21.7 Å². The van der Waals surface area contributed by atoms with E-state index >= 15 is 0 Å². The zero-order valence-corrected chi connectivity index (χ0v) is 12.9. The summed E-state index contributed by atoms with van der Waals surface area (Å²) in [5.74, 6) is -0.559. The Morgan fingerprint density at radius 2 is 1.62 bits per heavy atom. The maximum absolute atomic E-state index is 11.8. The van der Waals surface area contributed by atoms with E-state index in [1.807, 2.05) is 0 Å². The van der Waals surface area contributed by atoms with Gasteiger partial charge in [-0.15, -0.1) is 0 Å². The molecule has 108 valence electrons. The van der Waals surface area contributed by atoms with E-state index in [1.54, 1.807) is 30.3 Å². The third-order valence-electron chi connectivity index (χ3n) is 2.58. The van der Waals surface area contributed by atoms with Crippen molar-refractivity contribution < 1.29 is 9.90 Å². The van der Waals surface area contributed by atoms with Crippen molar-refractivity contribution in [1.29, 1.82) is 0 Å². The molecule has 0 fully saturated rings. The van der Waals surface area contributed by atoms with Gasteiger partial charge in [-0.2, -0.15) is 0 Å². The van der Waals surface area contributed by atoms with Crippen molar-refractivity contribution in [1.82, 2.24) is 0 Å². The van der Waals surface area contributed by atoms with Crippen LogP contribution in [0.5, 0.6) is 5.75 Å². The van der Waals surface area contributed by atoms with Crippen LogP contribution in [0.3, 0.4) is 0 Å². The number of rotatable bonds is 3. The van der Waals surface area contributed by atoms with E-state index in [0.717, 1.165) is 5.56 Å². The Bertz CT molecular complexity index is 674. The van der Waals surface area contributed by atoms with E-state index in [1.165, 1.54) is 18.2 Å². The van der Waals surface area contributed by atoms with E-state index in [4.69, 9.17) is 34.8 Å². The van der Waals surface area contributed by atoms with Crippen molar-refractivity contribution in [2.24, 2.45) is 0 Å². The van der Waals surface area contributed by atoms with Gasteiger partial charge in [0.1, 0.15) is 0 Å². The first-order valence-electron chi connectivity index (χ1n) is 5.88. The maximum Gasteiger partial charge on any atom is 0.248 e. The molecule has 0 bridgehead atoms. The van der Waals surface area contributed by atoms with Gasteiger partial charge in [-0.1, -0.05) is 46.9 Å². The molecule has 0 saturated heterocycles. The van der Waals surface area contributed by atoms with Gasteiger partial charge in [-0.3, -0.25) is 4.79 Å². The number of amides is 1. The highest BCUT2D eigenvalue weighted by molar-refractivity contribution is 6.37. The lowest BCUT2D eigenvalue weighted by molar-refractivity contribution is -0.111. The molecule has 3 nitrogen and oxygen atoms in total. The summed E-state index contributed by atoms with van der Waals surface area (Å²) < 4.78 is 0. The van der Waals surface area contributed by atoms with Crippen LogP contribution in [0.15, 0.2) is 42.5 Å². The molecule has 0 aromatic heterocycles. The predicted octanol–water partition coefficient (Wildman–Crippen LogP) is 5.00. The molecule has 0 aliphatic carbocycles. The number of hydrogen-bond acceptors (Lipinski definition) is 2. The van der Waals surface area contributed by atoms with Gasteiger partial charge in [0, 0.05) is 16.8 Å². The third-order valence-corrected chi connectivity index (χ3v) is 3.41. The lowest BCUT2D eigenvalue weighted by atomic mass is 10.2. The Kier molecular flexibility index (Phi) is 5.12. The number of halogens is 3. The van der Waals surface area contributed by atoms with Crippen molar-refractivity contribution in [3.05, 3.63) is 63.1 Å². The molecular formula is C15H10Cl3NO2. The van der Waals surface area contributed by atoms with E-state index in [2.05, 4.69) is 5.32 Å². The summed E-state index contributed by atoms with van der Waals surface area (Å²) in [7, 11) is 0. The second kappa shape index (κ2) is 6.85. The molecule has 21 heavy (non-hydrogen) atoms. The summed E-state index contributed by atoms with van der Waals surface area (Å²) in [6, 6.07) is 9.88. The molecule has 0 radical (unpaired) electrons. The van der Waals surface area contributed by atoms with Crippen molar-refractivity contribution in [3.8, 4) is 5.75 Å². The minimum Gasteiger partial charge on any atom is -0.505 e. The van der Waals surface area contributed by atoms with E-state index < -0.39 is 0 Å². The summed E-state index contributed by atoms with van der Waals surface area (Å²) in [6.45, 7) is 0. The number of phenolic OH excluding ortho intramolecular Hbond substituents is 1. The van der Waals surface area contributed by atoms with Crippen LogP contribution < -0.4 is 5.32 Å². The van der Waals surface area contributed by atoms with Crippen LogP contribution in [0.25, 0.3) is 6.08 Å². The van der Waals surface area contributed by atoms with Gasteiger partial charge < -0.3 is 10.4 Å². The number of carbonyl (C=O) groups excluding carboxylic acids is 1. The third kappa shape index (κ3) is 4.39. The maximum atomic E-state index is 11.8. The molecule has 0 spiro atoms. The first kappa shape index (κ1) is 15.7. The lowest BCUT2D eigenvalue weighted by Gasteiger charge is -2.05. The summed E-state index contributed by atoms with van der Waals surface area (Å²) in [5.41, 5.74) is 1.24. The number of anilines is 1. The second-order valence-electron chi connectivity index (χ2n) is 4.16. The normalized spacial score (nSPS) is 10.8. The van der Waals surface area contributed by atoms with Crippen LogP contribution in [0.4, 0.5) is 5.69 Å². The molecule has 1 amide bonds. The van der Waals surface area contributed by atoms with Gasteiger partial charge in [-0.05, 0) is 35.9 Å². The molecule has 6 heteroatoms. The van der Waals surface area contributed by atoms with Gasteiger partial charge in [0.25, 0.3) is 0 Å². The van der Waals surface area contributed by atoms with Crippen molar-refractivity contribution in [3.63, 3.8) is 0 Å². The van der Waals surface area contributed by atoms with Gasteiger partial charge >= 0.3 is 0 Å². The molecule has 0 atom stereocenters. The lowest BCUT2D eigenvalue weighted by Crippen LogP contribution is -2.07. The first-order chi connectivity index (χ1) is 9.95. The average molecular weight is 343 g/mol. The van der Waals surface area contributed by atoms with Crippen LogP contribution in [0.2, 0.25) is 15.1 Å². The number of phenols is 1. The Labute approximate surface area is 136 Å². The molecule has 0 saturated carbocycles. The van der Waals surface area contributed by atoms with Crippen molar-refractivity contribution in [2.45, 2.75) is 0 Å². The number of hydrogen-bond donors (Lipinski definition) is 2. The minimum atomic E-state index is -0.345. The summed E-state index contributed by atoms with van der Waals surface area (Å²) in [6.07, 6.45) is 3.02. The summed E-state index contributed by atoms with van der Waals surface area (Å²) in [4.78, 5) is 11.8. The first-order valence-corrected chi connectivity index (χ1v) is 7.02. The topological polar surface area (TPSA) is 49.3 Å². The predicted molar refractivity (Wildman–Crippen MR) is 87.2 cm³/mol. The standard InChI is InChI=1S/C15H10Cl3NO2/c16-10-4-1-9(2-5-10)3-6-14(20)19-11-7-12(17)15(21)13(18)8-11/h1-8,21H,(H,19,20)/b6-3+. The highest BCUT2D eigenvalue weighted by Gasteiger charge is 2.07. The average Bonchev–Trinajstić information content (AvgIpc) is 2.44. The fourth-order valence-corrected chi connectivity index (χ4v) is 2.18. The Morgan fingerprint density at radius 3 is 2.19 bits per heavy atom. The summed E-state index contributed by atoms with van der Waals surface area (Å²) >= 11 is 17.3. The van der Waals surface area contributed by atoms with Crippen LogP contribution >= 0.6 is 34.8 Å². The molecule has 0 aliphatic rings. The molecule has 2 aromatic rings. The molecular weight excluding hydrogens is 333 g/mol. The molecule has 2 aromatic carbocycles. The monoisotopic (exact) mass is 341 g/mol. The van der Waals surface area contributed by atoms with Crippen LogP contribution in [-0.2, 0) is 4.79 Å². The van der Waals surface area contributed by atoms with Gasteiger partial charge in [-0.25, -0.2) is 0 Å². The Morgan fingerprint density at radius 1 is 1.05 bits per heavy atom. The SMILES string of the molecule is O=C(/C=C/c1ccc(Cl)cc1)Nc1cc(Cl)c(O)c(Cl)c1. The molecule has 2 rings (SSSR count). The largest absolute Gasteiger partial charge is 0.505 e. The highest BCUT2D eigenvalue weighted by Crippen LogP contribution is 2.34. The van der Waals surface area contributed by atoms with E-state index in [9.17, 15) is 9.90 Å². The Balaban J connectivity index is 2.06. The number of aromatic hydroxyl groups is 1. The second-order valence-corrected chi connectivity index (χ2v) is 5.41. The van der Waals surface area contributed by atoms with Crippen molar-refractivity contribution in [2.75, 3.05) is 5.32 Å². The van der Waals surface area contributed by atoms with Gasteiger partial charge in [0.15, 0.2) is 5.75 Å². The number of nitrogens with one attached hydrogen (secondary N) is 1. The number of benzene rings is 2. The highest BCUT2D eigenvalue weighted by atomic mass is 35.5. The van der Waals surface area contributed by atoms with Gasteiger partial charge in [0.05, 0.1) is 10.0 Å². The number of carbonyl (C=O) groups is 1. The van der Waals surface area contributed by atoms with Crippen LogP contribution in [0.1, 0.15) is 5.56 Å². The zero-order valence-electron chi connectivity index (χ0n) is 10.6. The molecule has 2 N–H and O–H groups in total. The van der Waals surface area contributed by atoms with Crippen LogP contribution in [-0.4, -0.2) is 11.0 Å². The summed E-state index contributed by atoms with van der Waals surface area (Å²) in [5, 5.41) is 12.8.